The second-order valence-corrected chi connectivity index (χ2v) is 8.24. The summed E-state index contributed by atoms with van der Waals surface area (Å²) < 4.78 is 14.3. The molecule has 0 bridgehead atoms. The summed E-state index contributed by atoms with van der Waals surface area (Å²) in [6.07, 6.45) is 4.73. The van der Waals surface area contributed by atoms with E-state index < -0.39 is 11.4 Å². The summed E-state index contributed by atoms with van der Waals surface area (Å²) in [6.45, 7) is 2.94. The van der Waals surface area contributed by atoms with E-state index in [-0.39, 0.29) is 12.8 Å². The van der Waals surface area contributed by atoms with Crippen LogP contribution in [-0.4, -0.2) is 34.9 Å². The van der Waals surface area contributed by atoms with Crippen LogP contribution in [0.4, 0.5) is 10.1 Å². The zero-order valence-electron chi connectivity index (χ0n) is 14.1. The van der Waals surface area contributed by atoms with Crippen LogP contribution in [0.1, 0.15) is 38.9 Å². The zero-order chi connectivity index (χ0) is 17.2. The van der Waals surface area contributed by atoms with Crippen LogP contribution in [0.25, 0.3) is 10.9 Å². The number of rotatable bonds is 6. The van der Waals surface area contributed by atoms with Crippen molar-refractivity contribution in [3.05, 3.63) is 34.1 Å². The van der Waals surface area contributed by atoms with Crippen LogP contribution in [0.5, 0.6) is 0 Å². The number of aromatic amines is 1. The molecule has 0 unspecified atom stereocenters. The molecule has 0 radical (unpaired) electrons. The van der Waals surface area contributed by atoms with E-state index in [1.807, 2.05) is 11.8 Å². The van der Waals surface area contributed by atoms with Crippen LogP contribution in [0.3, 0.4) is 0 Å². The molecule has 0 amide bonds. The standard InChI is InChI=1S/C18H23FN4OS.CH4/c19-14-7-12(21-9-11-1-2-11)8-15-17(14)18(24)23-16(22-15)10-25-13-3-5-20-6-4-13;/h7-8,11,13,20-21H,1-6,9-10H2,(H,22,23,24);1H4. The molecule has 4 rings (SSSR count). The van der Waals surface area contributed by atoms with E-state index in [0.29, 0.717) is 33.9 Å². The molecule has 0 atom stereocenters. The van der Waals surface area contributed by atoms with Crippen molar-refractivity contribution in [2.75, 3.05) is 25.0 Å². The van der Waals surface area contributed by atoms with Crippen LogP contribution in [0, 0.1) is 11.7 Å². The molecule has 1 aromatic carbocycles. The van der Waals surface area contributed by atoms with Gasteiger partial charge in [0.25, 0.3) is 5.56 Å². The summed E-state index contributed by atoms with van der Waals surface area (Å²) in [6, 6.07) is 3.18. The van der Waals surface area contributed by atoms with Crippen LogP contribution in [0.15, 0.2) is 16.9 Å². The summed E-state index contributed by atoms with van der Waals surface area (Å²) in [5.74, 6) is 1.46. The third-order valence-electron chi connectivity index (χ3n) is 4.84. The molecule has 26 heavy (non-hydrogen) atoms. The molecule has 7 heteroatoms. The van der Waals surface area contributed by atoms with Gasteiger partial charge in [0.2, 0.25) is 0 Å². The molecule has 142 valence electrons. The lowest BCUT2D eigenvalue weighted by molar-refractivity contribution is 0.531. The highest BCUT2D eigenvalue weighted by atomic mass is 32.2. The van der Waals surface area contributed by atoms with Crippen molar-refractivity contribution in [3.8, 4) is 0 Å². The van der Waals surface area contributed by atoms with Crippen molar-refractivity contribution in [3.63, 3.8) is 0 Å². The molecule has 1 aromatic heterocycles. The van der Waals surface area contributed by atoms with Crippen molar-refractivity contribution < 1.29 is 4.39 Å². The van der Waals surface area contributed by atoms with Gasteiger partial charge in [0.15, 0.2) is 0 Å². The fourth-order valence-corrected chi connectivity index (χ4v) is 4.28. The second kappa shape index (κ2) is 8.39. The second-order valence-electron chi connectivity index (χ2n) is 6.95. The number of hydrogen-bond donors (Lipinski definition) is 3. The highest BCUT2D eigenvalue weighted by molar-refractivity contribution is 7.99. The topological polar surface area (TPSA) is 69.8 Å². The van der Waals surface area contributed by atoms with Gasteiger partial charge in [-0.15, -0.1) is 0 Å². The van der Waals surface area contributed by atoms with Crippen LogP contribution >= 0.6 is 11.8 Å². The highest BCUT2D eigenvalue weighted by Crippen LogP contribution is 2.29. The lowest BCUT2D eigenvalue weighted by Crippen LogP contribution is -2.29. The third-order valence-corrected chi connectivity index (χ3v) is 6.23. The van der Waals surface area contributed by atoms with Gasteiger partial charge in [0.1, 0.15) is 17.0 Å². The summed E-state index contributed by atoms with van der Waals surface area (Å²) in [7, 11) is 0. The summed E-state index contributed by atoms with van der Waals surface area (Å²) in [5, 5.41) is 7.24. The third kappa shape index (κ3) is 4.57. The number of nitrogens with zero attached hydrogens (tertiary/aromatic N) is 1. The Labute approximate surface area is 157 Å². The SMILES string of the molecule is C.O=c1[nH]c(CSC2CCNCC2)nc2cc(NCC3CC3)cc(F)c12. The number of piperidine rings is 1. The van der Waals surface area contributed by atoms with E-state index in [1.54, 1.807) is 6.07 Å². The van der Waals surface area contributed by atoms with Gasteiger partial charge in [-0.2, -0.15) is 11.8 Å². The van der Waals surface area contributed by atoms with Gasteiger partial charge in [0.05, 0.1) is 11.3 Å². The number of anilines is 1. The normalized spacial score (nSPS) is 17.9. The van der Waals surface area contributed by atoms with Crippen molar-refractivity contribution in [1.29, 1.82) is 0 Å². The van der Waals surface area contributed by atoms with Gasteiger partial charge in [-0.05, 0) is 56.8 Å². The minimum atomic E-state index is -0.512. The Balaban J connectivity index is 0.00000196. The lowest BCUT2D eigenvalue weighted by Gasteiger charge is -2.21. The first-order valence-electron chi connectivity index (χ1n) is 8.97. The van der Waals surface area contributed by atoms with Gasteiger partial charge in [-0.3, -0.25) is 4.79 Å². The van der Waals surface area contributed by atoms with Gasteiger partial charge >= 0.3 is 0 Å². The van der Waals surface area contributed by atoms with Crippen LogP contribution in [0.2, 0.25) is 0 Å². The molecule has 2 aliphatic rings. The first-order valence-corrected chi connectivity index (χ1v) is 10.0. The van der Waals surface area contributed by atoms with E-state index in [1.165, 1.54) is 18.9 Å². The van der Waals surface area contributed by atoms with E-state index in [9.17, 15) is 9.18 Å². The maximum absolute atomic E-state index is 14.3. The molecular weight excluding hydrogens is 351 g/mol. The van der Waals surface area contributed by atoms with Crippen molar-refractivity contribution >= 4 is 28.4 Å². The van der Waals surface area contributed by atoms with Gasteiger partial charge < -0.3 is 15.6 Å². The smallest absolute Gasteiger partial charge is 0.261 e. The van der Waals surface area contributed by atoms with E-state index in [0.717, 1.165) is 32.5 Å². The van der Waals surface area contributed by atoms with Gasteiger partial charge in [-0.25, -0.2) is 9.37 Å². The average Bonchev–Trinajstić information content (AvgIpc) is 3.43. The molecule has 2 heterocycles. The molecule has 1 aliphatic carbocycles. The fraction of sp³-hybridized carbons (Fsp3) is 0.579. The number of nitrogens with one attached hydrogen (secondary N) is 3. The predicted octanol–water partition coefficient (Wildman–Crippen LogP) is 3.51. The Hall–Kier alpha value is -1.60. The minimum absolute atomic E-state index is 0. The lowest BCUT2D eigenvalue weighted by atomic mass is 10.2. The predicted molar refractivity (Wildman–Crippen MR) is 107 cm³/mol. The average molecular weight is 379 g/mol. The van der Waals surface area contributed by atoms with E-state index in [4.69, 9.17) is 0 Å². The van der Waals surface area contributed by atoms with Gasteiger partial charge in [0, 0.05) is 17.5 Å². The molecule has 3 N–H and O–H groups in total. The highest BCUT2D eigenvalue weighted by Gasteiger charge is 2.21. The summed E-state index contributed by atoms with van der Waals surface area (Å²) >= 11 is 1.82. The molecule has 1 aliphatic heterocycles. The van der Waals surface area contributed by atoms with Gasteiger partial charge in [-0.1, -0.05) is 7.43 Å². The molecule has 2 aromatic rings. The molecule has 1 saturated carbocycles. The Bertz CT molecular complexity index is 815. The fourth-order valence-electron chi connectivity index (χ4n) is 3.19. The number of benzene rings is 1. The largest absolute Gasteiger partial charge is 0.385 e. The Kier molecular flexibility index (Phi) is 6.19. The number of fused-ring (bicyclic) bond motifs is 1. The van der Waals surface area contributed by atoms with Crippen molar-refractivity contribution in [2.24, 2.45) is 5.92 Å². The molecular formula is C19H27FN4OS. The maximum atomic E-state index is 14.3. The van der Waals surface area contributed by atoms with Crippen LogP contribution < -0.4 is 16.2 Å². The molecule has 1 saturated heterocycles. The number of aromatic nitrogens is 2. The number of thioether (sulfide) groups is 1. The Morgan fingerprint density at radius 1 is 1.23 bits per heavy atom. The zero-order valence-corrected chi connectivity index (χ0v) is 14.9. The quantitative estimate of drug-likeness (QED) is 0.718. The number of H-pyrrole nitrogens is 1. The molecule has 0 spiro atoms. The first-order chi connectivity index (χ1) is 12.2. The first kappa shape index (κ1) is 19.2. The van der Waals surface area contributed by atoms with E-state index >= 15 is 0 Å². The minimum Gasteiger partial charge on any atom is -0.385 e. The van der Waals surface area contributed by atoms with E-state index in [2.05, 4.69) is 20.6 Å². The monoisotopic (exact) mass is 378 g/mol. The summed E-state index contributed by atoms with van der Waals surface area (Å²) in [5.41, 5.74) is 0.743. The van der Waals surface area contributed by atoms with Crippen molar-refractivity contribution in [1.82, 2.24) is 15.3 Å². The Morgan fingerprint density at radius 3 is 2.73 bits per heavy atom. The van der Waals surface area contributed by atoms with Crippen LogP contribution in [-0.2, 0) is 5.75 Å². The summed E-state index contributed by atoms with van der Waals surface area (Å²) in [4.78, 5) is 19.5. The maximum Gasteiger partial charge on any atom is 0.261 e. The molecule has 5 nitrogen and oxygen atoms in total. The van der Waals surface area contributed by atoms with Crippen molar-refractivity contribution in [2.45, 2.75) is 44.1 Å². The number of halogens is 1. The Morgan fingerprint density at radius 2 is 2.00 bits per heavy atom. The number of hydrogen-bond acceptors (Lipinski definition) is 5. The molecule has 2 fully saturated rings.